The summed E-state index contributed by atoms with van der Waals surface area (Å²) in [6, 6.07) is 13.2. The molecule has 2 aromatic carbocycles. The fourth-order valence-electron chi connectivity index (χ4n) is 1.40. The van der Waals surface area contributed by atoms with Gasteiger partial charge in [0.2, 0.25) is 8.96 Å². The van der Waals surface area contributed by atoms with E-state index >= 15 is 0 Å². The first kappa shape index (κ1) is 10.4. The van der Waals surface area contributed by atoms with E-state index < -0.39 is 8.96 Å². The maximum absolute atomic E-state index is 11.0. The lowest BCUT2D eigenvalue weighted by atomic mass is 10.1. The third kappa shape index (κ3) is 2.65. The van der Waals surface area contributed by atoms with Gasteiger partial charge in [0.1, 0.15) is 0 Å². The molecule has 1 unspecified atom stereocenters. The molecule has 3 nitrogen and oxygen atoms in total. The van der Waals surface area contributed by atoms with Crippen molar-refractivity contribution in [2.24, 2.45) is 0 Å². The van der Waals surface area contributed by atoms with Gasteiger partial charge in [-0.25, -0.2) is 4.21 Å². The molecule has 0 bridgehead atoms. The van der Waals surface area contributed by atoms with Gasteiger partial charge in [-0.05, 0) is 22.9 Å². The van der Waals surface area contributed by atoms with Gasteiger partial charge in [-0.2, -0.15) is 0 Å². The van der Waals surface area contributed by atoms with Crippen LogP contribution in [0.1, 0.15) is 0 Å². The molecule has 2 N–H and O–H groups in total. The van der Waals surface area contributed by atoms with Crippen LogP contribution in [0.3, 0.4) is 0 Å². The van der Waals surface area contributed by atoms with Crippen molar-refractivity contribution in [3.8, 4) is 0 Å². The predicted molar refractivity (Wildman–Crippen MR) is 65.7 cm³/mol. The third-order valence-corrected chi connectivity index (χ3v) is 2.74. The second-order valence-electron chi connectivity index (χ2n) is 3.14. The molecule has 5 heteroatoms. The number of anilines is 1. The van der Waals surface area contributed by atoms with Crippen molar-refractivity contribution < 1.29 is 8.76 Å². The molecule has 1 atom stereocenters. The minimum atomic E-state index is -3.36. The van der Waals surface area contributed by atoms with Crippen LogP contribution in [0.4, 0.5) is 5.69 Å². The topological polar surface area (TPSA) is 49.3 Å². The summed E-state index contributed by atoms with van der Waals surface area (Å²) >= 11 is 4.36. The Hall–Kier alpha value is -1.17. The Kier molecular flexibility index (Phi) is 2.60. The zero-order valence-corrected chi connectivity index (χ0v) is 9.35. The average molecular weight is 239 g/mol. The molecular weight excluding hydrogens is 230 g/mol. The van der Waals surface area contributed by atoms with E-state index in [-0.39, 0.29) is 0 Å². The molecule has 0 aliphatic heterocycles. The van der Waals surface area contributed by atoms with Crippen LogP contribution >= 0.6 is 0 Å². The summed E-state index contributed by atoms with van der Waals surface area (Å²) in [5, 5.41) is 2.08. The molecule has 0 saturated carbocycles. The Morgan fingerprint density at radius 2 is 1.80 bits per heavy atom. The molecule has 0 amide bonds. The lowest BCUT2D eigenvalue weighted by molar-refractivity contribution is 0.567. The molecule has 2 rings (SSSR count). The van der Waals surface area contributed by atoms with Crippen LogP contribution in [0.25, 0.3) is 10.8 Å². The third-order valence-electron chi connectivity index (χ3n) is 2.00. The summed E-state index contributed by atoms with van der Waals surface area (Å²) in [7, 11) is -3.36. The van der Waals surface area contributed by atoms with E-state index in [2.05, 4.69) is 15.9 Å². The Labute approximate surface area is 92.8 Å². The first-order valence-corrected chi connectivity index (χ1v) is 6.73. The second-order valence-corrected chi connectivity index (χ2v) is 5.65. The zero-order valence-electron chi connectivity index (χ0n) is 7.71. The summed E-state index contributed by atoms with van der Waals surface area (Å²) in [5.41, 5.74) is 0.552. The first-order valence-electron chi connectivity index (χ1n) is 4.29. The number of hydrogen-bond donors (Lipinski definition) is 2. The normalized spacial score (nSPS) is 14.7. The number of benzene rings is 2. The highest BCUT2D eigenvalue weighted by Crippen LogP contribution is 2.19. The molecule has 0 radical (unpaired) electrons. The molecule has 15 heavy (non-hydrogen) atoms. The van der Waals surface area contributed by atoms with Crippen molar-refractivity contribution in [3.63, 3.8) is 0 Å². The van der Waals surface area contributed by atoms with Gasteiger partial charge in [0.15, 0.2) is 0 Å². The van der Waals surface area contributed by atoms with E-state index in [1.54, 1.807) is 12.1 Å². The summed E-state index contributed by atoms with van der Waals surface area (Å²) < 4.78 is 22.3. The predicted octanol–water partition coefficient (Wildman–Crippen LogP) is 2.39. The highest BCUT2D eigenvalue weighted by Gasteiger charge is 2.00. The van der Waals surface area contributed by atoms with E-state index in [4.69, 9.17) is 4.55 Å². The molecule has 0 spiro atoms. The highest BCUT2D eigenvalue weighted by atomic mass is 32.8. The number of hydrogen-bond acceptors (Lipinski definition) is 2. The van der Waals surface area contributed by atoms with Crippen LogP contribution in [0, 0.1) is 0 Å². The van der Waals surface area contributed by atoms with Gasteiger partial charge in [-0.3, -0.25) is 9.27 Å². The standard InChI is InChI=1S/C10H9NO2S2/c12-15(13,14)11-10-6-5-8-3-1-2-4-9(8)7-10/h1-7,11H,(H,12,13,14). The van der Waals surface area contributed by atoms with E-state index in [9.17, 15) is 4.21 Å². The lowest BCUT2D eigenvalue weighted by Crippen LogP contribution is -2.08. The van der Waals surface area contributed by atoms with E-state index in [0.717, 1.165) is 10.8 Å². The number of rotatable bonds is 2. The van der Waals surface area contributed by atoms with Crippen molar-refractivity contribution >= 4 is 36.6 Å². The molecule has 0 aliphatic carbocycles. The molecule has 2 aromatic rings. The van der Waals surface area contributed by atoms with Crippen LogP contribution in [-0.4, -0.2) is 8.76 Å². The van der Waals surface area contributed by atoms with Crippen molar-refractivity contribution in [1.29, 1.82) is 0 Å². The Morgan fingerprint density at radius 1 is 1.13 bits per heavy atom. The molecule has 78 valence electrons. The van der Waals surface area contributed by atoms with Crippen molar-refractivity contribution in [2.75, 3.05) is 4.72 Å². The smallest absolute Gasteiger partial charge is 0.229 e. The van der Waals surface area contributed by atoms with Crippen LogP contribution in [0.5, 0.6) is 0 Å². The lowest BCUT2D eigenvalue weighted by Gasteiger charge is -2.05. The Morgan fingerprint density at radius 3 is 2.47 bits per heavy atom. The van der Waals surface area contributed by atoms with Crippen molar-refractivity contribution in [1.82, 2.24) is 0 Å². The first-order chi connectivity index (χ1) is 7.04. The van der Waals surface area contributed by atoms with Crippen LogP contribution in [-0.2, 0) is 20.1 Å². The number of nitrogens with one attached hydrogen (secondary N) is 1. The molecule has 0 saturated heterocycles. The highest BCUT2D eigenvalue weighted by molar-refractivity contribution is 8.30. The minimum absolute atomic E-state index is 0.552. The van der Waals surface area contributed by atoms with Crippen LogP contribution in [0.15, 0.2) is 42.5 Å². The average Bonchev–Trinajstić information content (AvgIpc) is 2.15. The summed E-state index contributed by atoms with van der Waals surface area (Å²) in [6.07, 6.45) is 0. The van der Waals surface area contributed by atoms with E-state index in [1.807, 2.05) is 30.3 Å². The molecule has 0 aliphatic rings. The Balaban J connectivity index is 2.48. The second kappa shape index (κ2) is 3.77. The maximum Gasteiger partial charge on any atom is 0.229 e. The summed E-state index contributed by atoms with van der Waals surface area (Å²) in [4.78, 5) is 0. The van der Waals surface area contributed by atoms with Gasteiger partial charge in [-0.1, -0.05) is 30.3 Å². The quantitative estimate of drug-likeness (QED) is 0.846. The number of fused-ring (bicyclic) bond motifs is 1. The fourth-order valence-corrected chi connectivity index (χ4v) is 2.12. The molecule has 0 heterocycles. The minimum Gasteiger partial charge on any atom is -0.290 e. The maximum atomic E-state index is 11.0. The fraction of sp³-hybridized carbons (Fsp3) is 0. The molecule has 0 fully saturated rings. The van der Waals surface area contributed by atoms with Crippen molar-refractivity contribution in [3.05, 3.63) is 42.5 Å². The van der Waals surface area contributed by atoms with Gasteiger partial charge < -0.3 is 0 Å². The largest absolute Gasteiger partial charge is 0.290 e. The van der Waals surface area contributed by atoms with Gasteiger partial charge in [0.25, 0.3) is 0 Å². The molecule has 0 aromatic heterocycles. The summed E-state index contributed by atoms with van der Waals surface area (Å²) in [6.45, 7) is 0. The van der Waals surface area contributed by atoms with Gasteiger partial charge in [-0.15, -0.1) is 0 Å². The molecular formula is C10H9NO2S2. The Bertz CT molecular complexity index is 593. The van der Waals surface area contributed by atoms with Gasteiger partial charge >= 0.3 is 0 Å². The van der Waals surface area contributed by atoms with Crippen LogP contribution in [0.2, 0.25) is 0 Å². The van der Waals surface area contributed by atoms with Crippen molar-refractivity contribution in [2.45, 2.75) is 0 Å². The van der Waals surface area contributed by atoms with E-state index in [0.29, 0.717) is 5.69 Å². The SMILES string of the molecule is O=S(O)(=S)Nc1ccc2ccccc2c1. The zero-order chi connectivity index (χ0) is 10.9. The van der Waals surface area contributed by atoms with Gasteiger partial charge in [0.05, 0.1) is 0 Å². The van der Waals surface area contributed by atoms with Gasteiger partial charge in [0, 0.05) is 16.9 Å². The van der Waals surface area contributed by atoms with Crippen LogP contribution < -0.4 is 4.72 Å². The van der Waals surface area contributed by atoms with E-state index in [1.165, 1.54) is 0 Å². The monoisotopic (exact) mass is 239 g/mol. The summed E-state index contributed by atoms with van der Waals surface area (Å²) in [5.74, 6) is 0.